The molecule has 2 heterocycles. The van der Waals surface area contributed by atoms with Gasteiger partial charge < -0.3 is 19.5 Å². The highest BCUT2D eigenvalue weighted by molar-refractivity contribution is 6.53. The number of carbonyl (C=O) groups excluding carboxylic acids is 3. The van der Waals surface area contributed by atoms with E-state index in [0.29, 0.717) is 35.2 Å². The van der Waals surface area contributed by atoms with Gasteiger partial charge in [0, 0.05) is 5.56 Å². The second-order valence-electron chi connectivity index (χ2n) is 8.01. The monoisotopic (exact) mass is 413 g/mol. The van der Waals surface area contributed by atoms with Gasteiger partial charge in [0.15, 0.2) is 0 Å². The molecule has 2 N–H and O–H groups in total. The van der Waals surface area contributed by atoms with Gasteiger partial charge in [0.25, 0.3) is 0 Å². The molecule has 8 nitrogen and oxygen atoms in total. The molecular formula is C21H24BNO7. The van der Waals surface area contributed by atoms with Gasteiger partial charge in [-0.25, -0.2) is 4.79 Å². The van der Waals surface area contributed by atoms with Crippen molar-refractivity contribution in [2.75, 3.05) is 7.11 Å². The Hall–Kier alpha value is -2.65. The highest BCUT2D eigenvalue weighted by Gasteiger charge is 2.59. The molecule has 4 atom stereocenters. The molecule has 0 spiro atoms. The van der Waals surface area contributed by atoms with Crippen LogP contribution in [0.3, 0.4) is 0 Å². The summed E-state index contributed by atoms with van der Waals surface area (Å²) >= 11 is 0. The van der Waals surface area contributed by atoms with E-state index in [2.05, 4.69) is 4.74 Å². The Kier molecular flexibility index (Phi) is 5.42. The van der Waals surface area contributed by atoms with E-state index in [-0.39, 0.29) is 5.75 Å². The van der Waals surface area contributed by atoms with Crippen LogP contribution in [0.4, 0.5) is 4.79 Å². The molecule has 1 aromatic rings. The third-order valence-corrected chi connectivity index (χ3v) is 6.40. The molecule has 4 rings (SSSR count). The van der Waals surface area contributed by atoms with Crippen molar-refractivity contribution in [2.24, 2.45) is 17.8 Å². The summed E-state index contributed by atoms with van der Waals surface area (Å²) in [5.41, 5.74) is 2.05. The van der Waals surface area contributed by atoms with Gasteiger partial charge in [0.2, 0.25) is 11.8 Å². The number of allylic oxidation sites excluding steroid dienone is 2. The number of carbonyl (C=O) groups is 3. The van der Waals surface area contributed by atoms with Crippen LogP contribution in [-0.4, -0.2) is 47.2 Å². The van der Waals surface area contributed by atoms with Crippen molar-refractivity contribution in [1.29, 1.82) is 0 Å². The van der Waals surface area contributed by atoms with Gasteiger partial charge in [-0.3, -0.25) is 9.59 Å². The van der Waals surface area contributed by atoms with E-state index in [9.17, 15) is 24.5 Å². The number of nitrogens with zero attached hydrogens (tertiary/aromatic N) is 1. The predicted molar refractivity (Wildman–Crippen MR) is 106 cm³/mol. The number of fused-ring (bicyclic) bond motifs is 3. The number of amides is 3. The zero-order chi connectivity index (χ0) is 21.6. The smallest absolute Gasteiger partial charge is 0.487 e. The molecule has 3 amide bonds. The van der Waals surface area contributed by atoms with Crippen molar-refractivity contribution in [3.05, 3.63) is 40.9 Å². The fraction of sp³-hybridized carbons (Fsp3) is 0.476. The molecular weight excluding hydrogens is 389 g/mol. The van der Waals surface area contributed by atoms with Crippen molar-refractivity contribution >= 4 is 25.0 Å². The van der Waals surface area contributed by atoms with Gasteiger partial charge in [-0.15, -0.1) is 0 Å². The number of phenols is 1. The topological polar surface area (TPSA) is 113 Å². The third-order valence-electron chi connectivity index (χ3n) is 6.40. The number of para-hydroxylation sites is 1. The molecule has 1 aliphatic carbocycles. The Balaban J connectivity index is 1.76. The van der Waals surface area contributed by atoms with Crippen LogP contribution in [0, 0.1) is 17.8 Å². The summed E-state index contributed by atoms with van der Waals surface area (Å²) in [7, 11) is -0.116. The van der Waals surface area contributed by atoms with Gasteiger partial charge in [-0.05, 0) is 36.7 Å². The van der Waals surface area contributed by atoms with Crippen LogP contribution in [0.1, 0.15) is 44.3 Å². The molecule has 9 heteroatoms. The number of aromatic hydroxyl groups is 1. The van der Waals surface area contributed by atoms with E-state index in [1.165, 1.54) is 6.07 Å². The highest BCUT2D eigenvalue weighted by atomic mass is 16.5. The quantitative estimate of drug-likeness (QED) is 0.578. The molecule has 0 saturated carbocycles. The average molecular weight is 413 g/mol. The Labute approximate surface area is 174 Å². The van der Waals surface area contributed by atoms with Gasteiger partial charge >= 0.3 is 13.2 Å². The third kappa shape index (κ3) is 3.13. The molecule has 0 radical (unpaired) electrons. The summed E-state index contributed by atoms with van der Waals surface area (Å²) in [4.78, 5) is 38.7. The summed E-state index contributed by atoms with van der Waals surface area (Å²) in [6.07, 6.45) is 0.461. The lowest BCUT2D eigenvalue weighted by atomic mass is 9.54. The first kappa shape index (κ1) is 20.6. The molecule has 2 fully saturated rings. The fourth-order valence-electron chi connectivity index (χ4n) is 5.18. The van der Waals surface area contributed by atoms with E-state index in [4.69, 9.17) is 4.65 Å². The predicted octanol–water partition coefficient (Wildman–Crippen LogP) is 2.36. The fourth-order valence-corrected chi connectivity index (χ4v) is 5.18. The van der Waals surface area contributed by atoms with E-state index in [1.54, 1.807) is 18.2 Å². The number of rotatable bonds is 3. The standard InChI is InChI=1S/C21H24BNO7/c1-3-6-11-9-14-17(20(26)23(19(14)25)21(27)29-2)13-10-16(30-22(28)18(11)13)12-7-4-5-8-15(12)24/h4-5,7-8,13-14,16-17,24,28H,3,6,9-10H2,1-2H3/t13-,14-,16-,17+/m0/s1. The number of likely N-dealkylation sites (tertiary alicyclic amines) is 1. The van der Waals surface area contributed by atoms with Crippen molar-refractivity contribution < 1.29 is 33.9 Å². The number of imide groups is 3. The van der Waals surface area contributed by atoms with Gasteiger partial charge in [-0.2, -0.15) is 4.90 Å². The lowest BCUT2D eigenvalue weighted by Gasteiger charge is -2.42. The minimum absolute atomic E-state index is 0.0354. The Morgan fingerprint density at radius 1 is 1.27 bits per heavy atom. The Bertz CT molecular complexity index is 930. The Morgan fingerprint density at radius 3 is 2.67 bits per heavy atom. The van der Waals surface area contributed by atoms with Crippen LogP contribution in [0.2, 0.25) is 0 Å². The molecule has 30 heavy (non-hydrogen) atoms. The Morgan fingerprint density at radius 2 is 2.00 bits per heavy atom. The lowest BCUT2D eigenvalue weighted by molar-refractivity contribution is -0.137. The van der Waals surface area contributed by atoms with Gasteiger partial charge in [0.1, 0.15) is 5.75 Å². The van der Waals surface area contributed by atoms with Crippen LogP contribution >= 0.6 is 0 Å². The summed E-state index contributed by atoms with van der Waals surface area (Å²) in [6.45, 7) is 2.00. The summed E-state index contributed by atoms with van der Waals surface area (Å²) < 4.78 is 10.5. The number of methoxy groups -OCH3 is 1. The first-order valence-corrected chi connectivity index (χ1v) is 10.2. The first-order chi connectivity index (χ1) is 14.4. The number of hydrogen-bond donors (Lipinski definition) is 2. The minimum atomic E-state index is -1.24. The average Bonchev–Trinajstić information content (AvgIpc) is 2.98. The number of phenolic OH excluding ortho intramolecular Hbond substituents is 1. The van der Waals surface area contributed by atoms with E-state index in [1.807, 2.05) is 6.92 Å². The minimum Gasteiger partial charge on any atom is -0.508 e. The van der Waals surface area contributed by atoms with Crippen molar-refractivity contribution in [2.45, 2.75) is 38.7 Å². The number of hydrogen-bond acceptors (Lipinski definition) is 7. The number of ether oxygens (including phenoxy) is 1. The van der Waals surface area contributed by atoms with Crippen LogP contribution in [-0.2, 0) is 19.0 Å². The van der Waals surface area contributed by atoms with Gasteiger partial charge in [0.05, 0.1) is 25.0 Å². The SMILES string of the molecule is CCCC1=C2B(O)O[C@H](c3ccccc3O)C[C@H]2[C@H]2C(=O)N(C(=O)OC)C(=O)[C@H]2C1. The molecule has 2 saturated heterocycles. The molecule has 0 aromatic heterocycles. The first-order valence-electron chi connectivity index (χ1n) is 10.2. The highest BCUT2D eigenvalue weighted by Crippen LogP contribution is 2.52. The molecule has 0 unspecified atom stereocenters. The maximum Gasteiger partial charge on any atom is 0.487 e. The molecule has 2 aliphatic heterocycles. The molecule has 158 valence electrons. The van der Waals surface area contributed by atoms with Crippen molar-refractivity contribution in [3.63, 3.8) is 0 Å². The lowest BCUT2D eigenvalue weighted by Crippen LogP contribution is -2.45. The zero-order valence-electron chi connectivity index (χ0n) is 16.9. The second-order valence-corrected chi connectivity index (χ2v) is 8.01. The summed E-state index contributed by atoms with van der Waals surface area (Å²) in [6, 6.07) is 6.68. The van der Waals surface area contributed by atoms with Crippen LogP contribution in [0.5, 0.6) is 5.75 Å². The number of benzene rings is 1. The van der Waals surface area contributed by atoms with E-state index < -0.39 is 48.9 Å². The van der Waals surface area contributed by atoms with Crippen LogP contribution in [0.15, 0.2) is 35.3 Å². The van der Waals surface area contributed by atoms with Crippen LogP contribution < -0.4 is 0 Å². The van der Waals surface area contributed by atoms with Gasteiger partial charge in [-0.1, -0.05) is 37.1 Å². The largest absolute Gasteiger partial charge is 0.508 e. The van der Waals surface area contributed by atoms with E-state index in [0.717, 1.165) is 19.1 Å². The molecule has 1 aromatic carbocycles. The van der Waals surface area contributed by atoms with Crippen molar-refractivity contribution in [3.8, 4) is 5.75 Å². The normalized spacial score (nSPS) is 28.5. The van der Waals surface area contributed by atoms with Crippen molar-refractivity contribution in [1.82, 2.24) is 4.90 Å². The maximum atomic E-state index is 13.1. The second kappa shape index (κ2) is 7.88. The summed E-state index contributed by atoms with van der Waals surface area (Å²) in [5.74, 6) is -3.01. The maximum absolute atomic E-state index is 13.1. The molecule has 0 bridgehead atoms. The summed E-state index contributed by atoms with van der Waals surface area (Å²) in [5, 5.41) is 21.1. The molecule has 3 aliphatic rings. The zero-order valence-corrected chi connectivity index (χ0v) is 16.9. The van der Waals surface area contributed by atoms with E-state index >= 15 is 0 Å². The van der Waals surface area contributed by atoms with Crippen LogP contribution in [0.25, 0.3) is 0 Å².